The molecule has 1 heterocycles. The summed E-state index contributed by atoms with van der Waals surface area (Å²) in [4.78, 5) is 3.76. The van der Waals surface area contributed by atoms with E-state index in [0.717, 1.165) is 0 Å². The van der Waals surface area contributed by atoms with Crippen molar-refractivity contribution in [3.05, 3.63) is 24.5 Å². The Hall–Kier alpha value is 0.210. The predicted octanol–water partition coefficient (Wildman–Crippen LogP) is -0.252. The van der Waals surface area contributed by atoms with E-state index in [9.17, 15) is 0 Å². The summed E-state index contributed by atoms with van der Waals surface area (Å²) in [5, 5.41) is 0. The van der Waals surface area contributed by atoms with Crippen LogP contribution in [-0.4, -0.2) is 42.7 Å². The standard InChI is InChI=1S/C5H6N2.Ca.2H/c6-5-2-1-3-7-4-5;;;/h1-4H,6H2;;;. The van der Waals surface area contributed by atoms with Crippen molar-refractivity contribution in [2.24, 2.45) is 0 Å². The molecule has 8 heavy (non-hydrogen) atoms. The second kappa shape index (κ2) is 4.12. The van der Waals surface area contributed by atoms with Crippen molar-refractivity contribution in [1.82, 2.24) is 4.98 Å². The number of pyridine rings is 1. The van der Waals surface area contributed by atoms with E-state index in [1.807, 2.05) is 0 Å². The molecule has 0 bridgehead atoms. The van der Waals surface area contributed by atoms with Crippen molar-refractivity contribution in [2.75, 3.05) is 5.73 Å². The molecule has 1 aromatic rings. The van der Waals surface area contributed by atoms with Gasteiger partial charge in [-0.3, -0.25) is 4.98 Å². The van der Waals surface area contributed by atoms with Gasteiger partial charge in [-0.25, -0.2) is 0 Å². The van der Waals surface area contributed by atoms with Crippen molar-refractivity contribution >= 4 is 43.4 Å². The van der Waals surface area contributed by atoms with Gasteiger partial charge in [0.15, 0.2) is 0 Å². The number of hydrogen-bond acceptors (Lipinski definition) is 2. The summed E-state index contributed by atoms with van der Waals surface area (Å²) in [6, 6.07) is 3.60. The molecule has 1 rings (SSSR count). The third kappa shape index (κ3) is 2.50. The van der Waals surface area contributed by atoms with Crippen molar-refractivity contribution < 1.29 is 0 Å². The van der Waals surface area contributed by atoms with Crippen molar-refractivity contribution in [1.29, 1.82) is 0 Å². The fraction of sp³-hybridized carbons (Fsp3) is 0. The maximum absolute atomic E-state index is 5.30. The molecule has 2 nitrogen and oxygen atoms in total. The van der Waals surface area contributed by atoms with E-state index in [4.69, 9.17) is 5.73 Å². The zero-order chi connectivity index (χ0) is 5.11. The first-order valence-corrected chi connectivity index (χ1v) is 2.05. The Morgan fingerprint density at radius 1 is 1.50 bits per heavy atom. The second-order valence-electron chi connectivity index (χ2n) is 1.29. The minimum atomic E-state index is 0. The van der Waals surface area contributed by atoms with Gasteiger partial charge in [-0.1, -0.05) is 0 Å². The van der Waals surface area contributed by atoms with Gasteiger partial charge in [0, 0.05) is 12.4 Å². The van der Waals surface area contributed by atoms with E-state index in [2.05, 4.69) is 4.98 Å². The summed E-state index contributed by atoms with van der Waals surface area (Å²) in [6.07, 6.45) is 3.30. The third-order valence-electron chi connectivity index (χ3n) is 0.684. The summed E-state index contributed by atoms with van der Waals surface area (Å²) in [6.45, 7) is 0. The number of aromatic nitrogens is 1. The van der Waals surface area contributed by atoms with Crippen molar-refractivity contribution in [3.63, 3.8) is 0 Å². The van der Waals surface area contributed by atoms with Crippen LogP contribution in [0.3, 0.4) is 0 Å². The number of nitrogens with two attached hydrogens (primary N) is 1. The predicted molar refractivity (Wildman–Crippen MR) is 37.2 cm³/mol. The van der Waals surface area contributed by atoms with Crippen molar-refractivity contribution in [3.8, 4) is 0 Å². The number of nitrogen functional groups attached to an aromatic ring is 1. The fourth-order valence-corrected chi connectivity index (χ4v) is 0.376. The summed E-state index contributed by atoms with van der Waals surface area (Å²) in [5.41, 5.74) is 6.01. The molecular weight excluding hydrogens is 128 g/mol. The topological polar surface area (TPSA) is 38.9 Å². The van der Waals surface area contributed by atoms with Crippen LogP contribution in [0.5, 0.6) is 0 Å². The van der Waals surface area contributed by atoms with Gasteiger partial charge in [0.25, 0.3) is 0 Å². The molecule has 1 aromatic heterocycles. The Balaban J connectivity index is 0.000000490. The van der Waals surface area contributed by atoms with Crippen LogP contribution in [0.4, 0.5) is 5.69 Å². The average molecular weight is 136 g/mol. The second-order valence-corrected chi connectivity index (χ2v) is 1.29. The zero-order valence-corrected chi connectivity index (χ0v) is 3.83. The molecule has 0 aliphatic carbocycles. The Labute approximate surface area is 78.1 Å². The molecular formula is C5H8CaN2. The molecule has 0 saturated carbocycles. The Morgan fingerprint density at radius 2 is 2.25 bits per heavy atom. The van der Waals surface area contributed by atoms with Crippen LogP contribution in [0.1, 0.15) is 0 Å². The molecule has 3 heteroatoms. The van der Waals surface area contributed by atoms with E-state index in [-0.39, 0.29) is 37.7 Å². The van der Waals surface area contributed by atoms with Gasteiger partial charge >= 0.3 is 37.7 Å². The first-order valence-electron chi connectivity index (χ1n) is 2.05. The summed E-state index contributed by atoms with van der Waals surface area (Å²) < 4.78 is 0. The molecule has 0 amide bonds. The van der Waals surface area contributed by atoms with Gasteiger partial charge in [-0.05, 0) is 12.1 Å². The minimum absolute atomic E-state index is 0. The maximum atomic E-state index is 5.30. The van der Waals surface area contributed by atoms with E-state index in [1.165, 1.54) is 0 Å². The number of nitrogens with zero attached hydrogens (tertiary/aromatic N) is 1. The van der Waals surface area contributed by atoms with E-state index in [0.29, 0.717) is 5.69 Å². The molecule has 0 saturated heterocycles. The monoisotopic (exact) mass is 136 g/mol. The fourth-order valence-electron chi connectivity index (χ4n) is 0.376. The molecule has 0 aliphatic rings. The summed E-state index contributed by atoms with van der Waals surface area (Å²) in [7, 11) is 0. The first kappa shape index (κ1) is 8.21. The van der Waals surface area contributed by atoms with Crippen molar-refractivity contribution in [2.45, 2.75) is 0 Å². The summed E-state index contributed by atoms with van der Waals surface area (Å²) in [5.74, 6) is 0. The van der Waals surface area contributed by atoms with Gasteiger partial charge in [0.2, 0.25) is 0 Å². The molecule has 2 N–H and O–H groups in total. The normalized spacial score (nSPS) is 7.50. The molecule has 0 fully saturated rings. The molecule has 0 unspecified atom stereocenters. The Kier molecular flexibility index (Phi) is 4.23. The average Bonchev–Trinajstić information content (AvgIpc) is 1.69. The molecule has 40 valence electrons. The van der Waals surface area contributed by atoms with Crippen LogP contribution in [0, 0.1) is 0 Å². The van der Waals surface area contributed by atoms with Crippen LogP contribution in [0.15, 0.2) is 24.5 Å². The van der Waals surface area contributed by atoms with Gasteiger partial charge in [-0.2, -0.15) is 0 Å². The van der Waals surface area contributed by atoms with Crippen LogP contribution >= 0.6 is 0 Å². The van der Waals surface area contributed by atoms with Gasteiger partial charge in [0.05, 0.1) is 5.69 Å². The molecule has 0 aliphatic heterocycles. The molecule has 0 radical (unpaired) electrons. The zero-order valence-electron chi connectivity index (χ0n) is 3.83. The van der Waals surface area contributed by atoms with Crippen LogP contribution in [0.2, 0.25) is 0 Å². The number of anilines is 1. The van der Waals surface area contributed by atoms with E-state index in [1.54, 1.807) is 24.5 Å². The number of rotatable bonds is 0. The summed E-state index contributed by atoms with van der Waals surface area (Å²) >= 11 is 0. The first-order chi connectivity index (χ1) is 3.39. The Bertz CT molecular complexity index is 140. The van der Waals surface area contributed by atoms with Crippen LogP contribution in [-0.2, 0) is 0 Å². The SMILES string of the molecule is Nc1cccnc1.[CaH2]. The van der Waals surface area contributed by atoms with Crippen LogP contribution < -0.4 is 5.73 Å². The third-order valence-corrected chi connectivity index (χ3v) is 0.684. The van der Waals surface area contributed by atoms with Gasteiger partial charge in [0.1, 0.15) is 0 Å². The molecule has 0 spiro atoms. The van der Waals surface area contributed by atoms with E-state index < -0.39 is 0 Å². The quantitative estimate of drug-likeness (QED) is 0.499. The number of hydrogen-bond donors (Lipinski definition) is 1. The van der Waals surface area contributed by atoms with Crippen LogP contribution in [0.25, 0.3) is 0 Å². The van der Waals surface area contributed by atoms with Gasteiger partial charge < -0.3 is 5.73 Å². The van der Waals surface area contributed by atoms with Gasteiger partial charge in [-0.15, -0.1) is 0 Å². The van der Waals surface area contributed by atoms with E-state index >= 15 is 0 Å². The molecule has 0 aromatic carbocycles. The molecule has 0 atom stereocenters. The Morgan fingerprint density at radius 3 is 2.50 bits per heavy atom.